The molecule has 0 atom stereocenters. The lowest BCUT2D eigenvalue weighted by atomic mass is 10.0. The first-order valence-corrected chi connectivity index (χ1v) is 11.6. The molecule has 2 aromatic heterocycles. The summed E-state index contributed by atoms with van der Waals surface area (Å²) in [6.07, 6.45) is -2.98. The van der Waals surface area contributed by atoms with E-state index in [4.69, 9.17) is 11.6 Å². The molecule has 0 aliphatic carbocycles. The zero-order chi connectivity index (χ0) is 25.7. The quantitative estimate of drug-likeness (QED) is 0.269. The van der Waals surface area contributed by atoms with E-state index in [9.17, 15) is 18.0 Å². The lowest BCUT2D eigenvalue weighted by Crippen LogP contribution is -2.18. The number of fused-ring (bicyclic) bond motifs is 2. The molecule has 0 saturated heterocycles. The van der Waals surface area contributed by atoms with Crippen molar-refractivity contribution in [1.82, 2.24) is 19.5 Å². The zero-order valence-electron chi connectivity index (χ0n) is 18.9. The molecule has 0 spiro atoms. The summed E-state index contributed by atoms with van der Waals surface area (Å²) >= 11 is 6.47. The van der Waals surface area contributed by atoms with Gasteiger partial charge in [0.25, 0.3) is 5.56 Å². The fourth-order valence-electron chi connectivity index (χ4n) is 4.26. The third kappa shape index (κ3) is 4.15. The first kappa shape index (κ1) is 23.0. The van der Waals surface area contributed by atoms with Crippen molar-refractivity contribution in [2.75, 3.05) is 0 Å². The second kappa shape index (κ2) is 8.60. The van der Waals surface area contributed by atoms with E-state index in [1.165, 1.54) is 23.0 Å². The van der Waals surface area contributed by atoms with E-state index in [0.29, 0.717) is 44.1 Å². The van der Waals surface area contributed by atoms with Crippen LogP contribution in [0.25, 0.3) is 50.1 Å². The standard InChI is InChI=1S/C28H16ClF3N4O/c29-22-12-10-19(14-21(22)26-34-23-3-1-2-4-24(23)35-26)36-15-33-25-13-17(7-11-20(25)27(36)37)16-5-8-18(9-6-16)28(30,31)32/h1-15H,(H,34,35). The molecule has 5 nitrogen and oxygen atoms in total. The smallest absolute Gasteiger partial charge is 0.338 e. The van der Waals surface area contributed by atoms with Crippen molar-refractivity contribution in [3.05, 3.63) is 112 Å². The molecule has 6 aromatic rings. The van der Waals surface area contributed by atoms with Gasteiger partial charge in [0, 0.05) is 5.56 Å². The number of aromatic nitrogens is 4. The van der Waals surface area contributed by atoms with E-state index in [2.05, 4.69) is 15.0 Å². The fraction of sp³-hybridized carbons (Fsp3) is 0.0357. The highest BCUT2D eigenvalue weighted by atomic mass is 35.5. The van der Waals surface area contributed by atoms with Gasteiger partial charge in [-0.1, -0.05) is 41.9 Å². The summed E-state index contributed by atoms with van der Waals surface area (Å²) in [7, 11) is 0. The van der Waals surface area contributed by atoms with Gasteiger partial charge in [0.05, 0.1) is 38.2 Å². The normalized spacial score (nSPS) is 11.9. The van der Waals surface area contributed by atoms with Gasteiger partial charge in [-0.2, -0.15) is 13.2 Å². The summed E-state index contributed by atoms with van der Waals surface area (Å²) in [4.78, 5) is 25.6. The van der Waals surface area contributed by atoms with Crippen LogP contribution in [0.2, 0.25) is 5.02 Å². The average molecular weight is 517 g/mol. The van der Waals surface area contributed by atoms with Gasteiger partial charge in [0.1, 0.15) is 12.2 Å². The SMILES string of the molecule is O=c1c2ccc(-c3ccc(C(F)(F)F)cc3)cc2ncn1-c1ccc(Cl)c(-c2nc3ccccc3[nH]2)c1. The van der Waals surface area contributed by atoms with E-state index < -0.39 is 11.7 Å². The van der Waals surface area contributed by atoms with Crippen molar-refractivity contribution < 1.29 is 13.2 Å². The van der Waals surface area contributed by atoms with Crippen molar-refractivity contribution in [3.8, 4) is 28.2 Å². The molecule has 1 N–H and O–H groups in total. The molecule has 9 heteroatoms. The molecule has 0 radical (unpaired) electrons. The lowest BCUT2D eigenvalue weighted by molar-refractivity contribution is -0.137. The van der Waals surface area contributed by atoms with E-state index in [-0.39, 0.29) is 5.56 Å². The van der Waals surface area contributed by atoms with Crippen molar-refractivity contribution in [1.29, 1.82) is 0 Å². The highest BCUT2D eigenvalue weighted by Crippen LogP contribution is 2.32. The molecule has 0 unspecified atom stereocenters. The number of para-hydroxylation sites is 2. The second-order valence-corrected chi connectivity index (χ2v) is 8.90. The van der Waals surface area contributed by atoms with Crippen molar-refractivity contribution in [2.24, 2.45) is 0 Å². The van der Waals surface area contributed by atoms with Gasteiger partial charge in [0.15, 0.2) is 0 Å². The summed E-state index contributed by atoms with van der Waals surface area (Å²) in [6.45, 7) is 0. The number of aromatic amines is 1. The third-order valence-electron chi connectivity index (χ3n) is 6.18. The van der Waals surface area contributed by atoms with Gasteiger partial charge in [-0.15, -0.1) is 0 Å². The Labute approximate surface area is 212 Å². The maximum atomic E-state index is 13.3. The molecule has 0 saturated carbocycles. The Kier molecular flexibility index (Phi) is 5.35. The molecule has 0 aliphatic heterocycles. The summed E-state index contributed by atoms with van der Waals surface area (Å²) in [5, 5.41) is 0.851. The number of hydrogen-bond acceptors (Lipinski definition) is 3. The molecule has 37 heavy (non-hydrogen) atoms. The Balaban J connectivity index is 1.39. The number of rotatable bonds is 3. The predicted molar refractivity (Wildman–Crippen MR) is 138 cm³/mol. The molecule has 2 heterocycles. The molecular formula is C28H16ClF3N4O. The molecule has 0 amide bonds. The number of imidazole rings is 1. The summed E-state index contributed by atoms with van der Waals surface area (Å²) in [6, 6.07) is 22.7. The highest BCUT2D eigenvalue weighted by Gasteiger charge is 2.30. The van der Waals surface area contributed by atoms with Gasteiger partial charge >= 0.3 is 6.18 Å². The summed E-state index contributed by atoms with van der Waals surface area (Å²) in [5.74, 6) is 0.580. The number of alkyl halides is 3. The molecule has 0 aliphatic rings. The highest BCUT2D eigenvalue weighted by molar-refractivity contribution is 6.33. The minimum atomic E-state index is -4.40. The van der Waals surface area contributed by atoms with Crippen LogP contribution in [0.3, 0.4) is 0 Å². The molecule has 4 aromatic carbocycles. The Morgan fingerprint density at radius 1 is 0.838 bits per heavy atom. The molecule has 182 valence electrons. The number of H-pyrrole nitrogens is 1. The Hall–Kier alpha value is -4.43. The van der Waals surface area contributed by atoms with Crippen LogP contribution in [-0.2, 0) is 6.18 Å². The number of halogens is 4. The van der Waals surface area contributed by atoms with Crippen molar-refractivity contribution >= 4 is 33.5 Å². The summed E-state index contributed by atoms with van der Waals surface area (Å²) in [5.41, 5.74) is 3.54. The summed E-state index contributed by atoms with van der Waals surface area (Å²) < 4.78 is 40.1. The van der Waals surface area contributed by atoms with Crippen LogP contribution in [0.4, 0.5) is 13.2 Å². The molecule has 0 fully saturated rings. The van der Waals surface area contributed by atoms with Gasteiger partial charge in [-0.3, -0.25) is 9.36 Å². The van der Waals surface area contributed by atoms with Crippen LogP contribution >= 0.6 is 11.6 Å². The Bertz CT molecular complexity index is 1820. The molecule has 0 bridgehead atoms. The van der Waals surface area contributed by atoms with E-state index in [0.717, 1.165) is 23.2 Å². The van der Waals surface area contributed by atoms with E-state index in [1.54, 1.807) is 36.4 Å². The van der Waals surface area contributed by atoms with Crippen LogP contribution in [0.15, 0.2) is 96.1 Å². The minimum Gasteiger partial charge on any atom is -0.338 e. The number of hydrogen-bond donors (Lipinski definition) is 1. The fourth-order valence-corrected chi connectivity index (χ4v) is 4.47. The zero-order valence-corrected chi connectivity index (χ0v) is 19.7. The monoisotopic (exact) mass is 516 g/mol. The third-order valence-corrected chi connectivity index (χ3v) is 6.51. The number of nitrogens with one attached hydrogen (secondary N) is 1. The van der Waals surface area contributed by atoms with Gasteiger partial charge < -0.3 is 4.98 Å². The van der Waals surface area contributed by atoms with E-state index in [1.807, 2.05) is 24.3 Å². The predicted octanol–water partition coefficient (Wildman–Crippen LogP) is 7.27. The maximum absolute atomic E-state index is 13.3. The van der Waals surface area contributed by atoms with Crippen LogP contribution in [0, 0.1) is 0 Å². The van der Waals surface area contributed by atoms with Gasteiger partial charge in [-0.05, 0) is 65.7 Å². The van der Waals surface area contributed by atoms with Crippen LogP contribution < -0.4 is 5.56 Å². The number of benzene rings is 4. The van der Waals surface area contributed by atoms with Crippen molar-refractivity contribution in [3.63, 3.8) is 0 Å². The molecule has 6 rings (SSSR count). The lowest BCUT2D eigenvalue weighted by Gasteiger charge is -2.11. The van der Waals surface area contributed by atoms with Crippen LogP contribution in [-0.4, -0.2) is 19.5 Å². The average Bonchev–Trinajstić information content (AvgIpc) is 3.33. The van der Waals surface area contributed by atoms with Gasteiger partial charge in [-0.25, -0.2) is 9.97 Å². The van der Waals surface area contributed by atoms with Crippen molar-refractivity contribution in [2.45, 2.75) is 6.18 Å². The Morgan fingerprint density at radius 2 is 1.59 bits per heavy atom. The van der Waals surface area contributed by atoms with Crippen LogP contribution in [0.1, 0.15) is 5.56 Å². The largest absolute Gasteiger partial charge is 0.416 e. The Morgan fingerprint density at radius 3 is 2.35 bits per heavy atom. The minimum absolute atomic E-state index is 0.290. The van der Waals surface area contributed by atoms with Gasteiger partial charge in [0.2, 0.25) is 0 Å². The van der Waals surface area contributed by atoms with E-state index >= 15 is 0 Å². The second-order valence-electron chi connectivity index (χ2n) is 8.49. The maximum Gasteiger partial charge on any atom is 0.416 e. The number of nitrogens with zero attached hydrogens (tertiary/aromatic N) is 3. The van der Waals surface area contributed by atoms with Crippen LogP contribution in [0.5, 0.6) is 0 Å². The first-order valence-electron chi connectivity index (χ1n) is 11.2. The first-order chi connectivity index (χ1) is 17.8. The molecular weight excluding hydrogens is 501 g/mol. The topological polar surface area (TPSA) is 63.6 Å².